The summed E-state index contributed by atoms with van der Waals surface area (Å²) in [5, 5.41) is 15.3. The summed E-state index contributed by atoms with van der Waals surface area (Å²) < 4.78 is 11.4. The van der Waals surface area contributed by atoms with Crippen molar-refractivity contribution in [2.24, 2.45) is 5.10 Å². The summed E-state index contributed by atoms with van der Waals surface area (Å²) in [6.45, 7) is 2.12. The summed E-state index contributed by atoms with van der Waals surface area (Å²) in [6.07, 6.45) is 1.48. The van der Waals surface area contributed by atoms with E-state index in [2.05, 4.69) is 42.0 Å². The Morgan fingerprint density at radius 3 is 2.71 bits per heavy atom. The quantitative estimate of drug-likeness (QED) is 0.395. The first-order chi connectivity index (χ1) is 15.0. The minimum atomic E-state index is -0.360. The van der Waals surface area contributed by atoms with E-state index >= 15 is 0 Å². The van der Waals surface area contributed by atoms with Crippen molar-refractivity contribution in [1.82, 2.24) is 15.6 Å². The van der Waals surface area contributed by atoms with Crippen LogP contribution >= 0.6 is 27.3 Å². The molecule has 1 aliphatic heterocycles. The van der Waals surface area contributed by atoms with E-state index in [1.54, 1.807) is 24.3 Å². The summed E-state index contributed by atoms with van der Waals surface area (Å²) in [7, 11) is 0. The Balaban J connectivity index is 1.30. The van der Waals surface area contributed by atoms with Crippen LogP contribution in [0.4, 0.5) is 5.13 Å². The number of nitrogens with zero attached hydrogens (tertiary/aromatic N) is 3. The number of anilines is 1. The van der Waals surface area contributed by atoms with E-state index in [4.69, 9.17) is 9.47 Å². The van der Waals surface area contributed by atoms with E-state index in [1.807, 2.05) is 19.1 Å². The molecule has 3 aromatic rings. The van der Waals surface area contributed by atoms with E-state index in [0.29, 0.717) is 27.2 Å². The molecule has 11 heteroatoms. The minimum absolute atomic E-state index is 0.0162. The van der Waals surface area contributed by atoms with Crippen molar-refractivity contribution in [1.29, 1.82) is 0 Å². The van der Waals surface area contributed by atoms with E-state index in [-0.39, 0.29) is 25.0 Å². The normalized spacial score (nSPS) is 12.2. The summed E-state index contributed by atoms with van der Waals surface area (Å²) in [5.74, 6) is 0.617. The first kappa shape index (κ1) is 20.9. The number of carbonyl (C=O) groups excluding carboxylic acids is 2. The van der Waals surface area contributed by atoms with Crippen LogP contribution in [0.1, 0.15) is 26.5 Å². The third kappa shape index (κ3) is 5.25. The number of amides is 2. The van der Waals surface area contributed by atoms with Crippen LogP contribution in [0, 0.1) is 6.92 Å². The third-order valence-corrected chi connectivity index (χ3v) is 5.72. The molecule has 2 amide bonds. The molecule has 0 bridgehead atoms. The van der Waals surface area contributed by atoms with Crippen LogP contribution in [0.3, 0.4) is 0 Å². The van der Waals surface area contributed by atoms with E-state index in [9.17, 15) is 9.59 Å². The van der Waals surface area contributed by atoms with Crippen LogP contribution in [0.25, 0.3) is 0 Å². The largest absolute Gasteiger partial charge is 0.454 e. The molecule has 2 heterocycles. The number of aryl methyl sites for hydroxylation is 1. The van der Waals surface area contributed by atoms with E-state index in [1.165, 1.54) is 6.21 Å². The van der Waals surface area contributed by atoms with Gasteiger partial charge in [0.1, 0.15) is 5.01 Å². The Bertz CT molecular complexity index is 1160. The highest BCUT2D eigenvalue weighted by Gasteiger charge is 2.16. The Kier molecular flexibility index (Phi) is 6.23. The van der Waals surface area contributed by atoms with Gasteiger partial charge in [-0.15, -0.1) is 10.2 Å². The second-order valence-corrected chi connectivity index (χ2v) is 8.43. The number of benzene rings is 2. The molecule has 0 spiro atoms. The van der Waals surface area contributed by atoms with Crippen molar-refractivity contribution >= 4 is 50.4 Å². The van der Waals surface area contributed by atoms with Crippen LogP contribution in [0.15, 0.2) is 46.0 Å². The first-order valence-electron chi connectivity index (χ1n) is 9.09. The smallest absolute Gasteiger partial charge is 0.257 e. The van der Waals surface area contributed by atoms with Gasteiger partial charge < -0.3 is 9.47 Å². The predicted octanol–water partition coefficient (Wildman–Crippen LogP) is 3.28. The fourth-order valence-electron chi connectivity index (χ4n) is 2.63. The van der Waals surface area contributed by atoms with Crippen molar-refractivity contribution < 1.29 is 19.1 Å². The van der Waals surface area contributed by atoms with Gasteiger partial charge >= 0.3 is 0 Å². The Morgan fingerprint density at radius 1 is 1.19 bits per heavy atom. The molecular formula is C20H16BrN5O4S. The van der Waals surface area contributed by atoms with Crippen LogP contribution in [-0.4, -0.2) is 35.0 Å². The van der Waals surface area contributed by atoms with Gasteiger partial charge in [0.25, 0.3) is 5.91 Å². The molecule has 1 aromatic heterocycles. The molecule has 1 aliphatic rings. The average molecular weight is 502 g/mol. The molecule has 0 unspecified atom stereocenters. The summed E-state index contributed by atoms with van der Waals surface area (Å²) in [5.41, 5.74) is 4.75. The molecule has 0 atom stereocenters. The fourth-order valence-corrected chi connectivity index (χ4v) is 3.79. The molecular weight excluding hydrogens is 486 g/mol. The zero-order valence-electron chi connectivity index (χ0n) is 16.2. The molecule has 0 fully saturated rings. The van der Waals surface area contributed by atoms with Crippen molar-refractivity contribution in [3.63, 3.8) is 0 Å². The molecule has 31 heavy (non-hydrogen) atoms. The lowest BCUT2D eigenvalue weighted by molar-refractivity contribution is -0.120. The predicted molar refractivity (Wildman–Crippen MR) is 119 cm³/mol. The number of fused-ring (bicyclic) bond motifs is 1. The van der Waals surface area contributed by atoms with Crippen LogP contribution in [0.2, 0.25) is 0 Å². The van der Waals surface area contributed by atoms with Gasteiger partial charge in [0.2, 0.25) is 17.8 Å². The topological polar surface area (TPSA) is 115 Å². The van der Waals surface area contributed by atoms with E-state index < -0.39 is 0 Å². The monoisotopic (exact) mass is 501 g/mol. The molecule has 2 N–H and O–H groups in total. The zero-order valence-corrected chi connectivity index (χ0v) is 18.6. The first-order valence-corrected chi connectivity index (χ1v) is 10.7. The maximum atomic E-state index is 12.2. The number of hydrogen-bond acceptors (Lipinski definition) is 8. The van der Waals surface area contributed by atoms with Gasteiger partial charge in [0.15, 0.2) is 11.5 Å². The lowest BCUT2D eigenvalue weighted by atomic mass is 10.1. The standard InChI is InChI=1S/C20H16BrN5O4S/c1-11-2-4-12(5-3-11)19(28)23-20-26-25-18(31-20)8-17(27)24-22-9-13-6-15-16(7-14(13)21)30-10-29-15/h2-7,9H,8,10H2,1H3,(H,24,27)(H,23,26,28)/b22-9-. The molecule has 0 saturated heterocycles. The van der Waals surface area contributed by atoms with Gasteiger partial charge in [-0.3, -0.25) is 14.9 Å². The molecule has 4 rings (SSSR count). The number of rotatable bonds is 6. The van der Waals surface area contributed by atoms with Crippen molar-refractivity contribution in [3.05, 3.63) is 62.6 Å². The molecule has 158 valence electrons. The Hall–Kier alpha value is -3.31. The second kappa shape index (κ2) is 9.23. The number of aromatic nitrogens is 2. The number of halogens is 1. The maximum Gasteiger partial charge on any atom is 0.257 e. The van der Waals surface area contributed by atoms with Gasteiger partial charge in [0, 0.05) is 15.6 Å². The number of hydrogen-bond donors (Lipinski definition) is 2. The highest BCUT2D eigenvalue weighted by molar-refractivity contribution is 9.10. The molecule has 0 aliphatic carbocycles. The highest BCUT2D eigenvalue weighted by Crippen LogP contribution is 2.36. The van der Waals surface area contributed by atoms with Crippen molar-refractivity contribution in [2.75, 3.05) is 12.1 Å². The summed E-state index contributed by atoms with van der Waals surface area (Å²) >= 11 is 4.55. The van der Waals surface area contributed by atoms with Gasteiger partial charge in [0.05, 0.1) is 12.6 Å². The minimum Gasteiger partial charge on any atom is -0.454 e. The van der Waals surface area contributed by atoms with Gasteiger partial charge in [-0.2, -0.15) is 5.10 Å². The molecule has 9 nitrogen and oxygen atoms in total. The summed E-state index contributed by atoms with van der Waals surface area (Å²) in [6, 6.07) is 10.7. The molecule has 0 saturated carbocycles. The van der Waals surface area contributed by atoms with Gasteiger partial charge in [-0.05, 0) is 47.1 Å². The Labute approximate surface area is 189 Å². The second-order valence-electron chi connectivity index (χ2n) is 6.52. The number of hydrazone groups is 1. The Morgan fingerprint density at radius 2 is 1.94 bits per heavy atom. The van der Waals surface area contributed by atoms with Gasteiger partial charge in [-0.25, -0.2) is 5.43 Å². The average Bonchev–Trinajstić information content (AvgIpc) is 3.37. The maximum absolute atomic E-state index is 12.2. The lowest BCUT2D eigenvalue weighted by Gasteiger charge is -2.02. The van der Waals surface area contributed by atoms with Crippen molar-refractivity contribution in [3.8, 4) is 11.5 Å². The third-order valence-electron chi connectivity index (χ3n) is 4.20. The summed E-state index contributed by atoms with van der Waals surface area (Å²) in [4.78, 5) is 24.4. The highest BCUT2D eigenvalue weighted by atomic mass is 79.9. The van der Waals surface area contributed by atoms with Crippen LogP contribution < -0.4 is 20.2 Å². The zero-order chi connectivity index (χ0) is 21.8. The van der Waals surface area contributed by atoms with Crippen LogP contribution in [0.5, 0.6) is 11.5 Å². The number of carbonyl (C=O) groups is 2. The van der Waals surface area contributed by atoms with Crippen LogP contribution in [-0.2, 0) is 11.2 Å². The fraction of sp³-hybridized carbons (Fsp3) is 0.150. The van der Waals surface area contributed by atoms with Gasteiger partial charge in [-0.1, -0.05) is 29.0 Å². The SMILES string of the molecule is Cc1ccc(C(=O)Nc2nnc(CC(=O)N/N=C\c3cc4c(cc3Br)OCO4)s2)cc1. The van der Waals surface area contributed by atoms with E-state index in [0.717, 1.165) is 26.9 Å². The lowest BCUT2D eigenvalue weighted by Crippen LogP contribution is -2.19. The molecule has 2 aromatic carbocycles. The van der Waals surface area contributed by atoms with Crippen molar-refractivity contribution in [2.45, 2.75) is 13.3 Å². The number of ether oxygens (including phenoxy) is 2. The number of nitrogens with one attached hydrogen (secondary N) is 2. The molecule has 0 radical (unpaired) electrons.